The van der Waals surface area contributed by atoms with Crippen molar-refractivity contribution < 1.29 is 0 Å². The largest absolute Gasteiger partial charge is 0.324 e. The zero-order chi connectivity index (χ0) is 13.6. The van der Waals surface area contributed by atoms with E-state index >= 15 is 0 Å². The molecule has 104 valence electrons. The molecule has 4 unspecified atom stereocenters. The standard InChI is InChI=1S/C18H27N/c1-18(2,3)15-8-6-13(7-9-15)17(19)16-11-12-4-5-14(16)10-12/h6-9,12,14,16-17H,4-5,10-11,19H2,1-3H3. The number of hydrogen-bond donors (Lipinski definition) is 1. The van der Waals surface area contributed by atoms with E-state index in [0.29, 0.717) is 0 Å². The molecule has 1 heteroatoms. The fourth-order valence-electron chi connectivity index (χ4n) is 4.19. The fraction of sp³-hybridized carbons (Fsp3) is 0.667. The molecule has 1 aromatic carbocycles. The Bertz CT molecular complexity index is 440. The molecule has 0 spiro atoms. The molecular weight excluding hydrogens is 230 g/mol. The first-order valence-electron chi connectivity index (χ1n) is 7.81. The van der Waals surface area contributed by atoms with Crippen molar-refractivity contribution in [2.75, 3.05) is 0 Å². The van der Waals surface area contributed by atoms with E-state index in [-0.39, 0.29) is 11.5 Å². The number of benzene rings is 1. The molecule has 2 saturated carbocycles. The minimum absolute atomic E-state index is 0.231. The normalized spacial score (nSPS) is 31.7. The van der Waals surface area contributed by atoms with Gasteiger partial charge in [0.25, 0.3) is 0 Å². The maximum atomic E-state index is 6.55. The van der Waals surface area contributed by atoms with E-state index in [1.807, 2.05) is 0 Å². The molecule has 0 aliphatic heterocycles. The highest BCUT2D eigenvalue weighted by atomic mass is 14.7. The van der Waals surface area contributed by atoms with Crippen LogP contribution in [0.4, 0.5) is 0 Å². The molecule has 2 aliphatic rings. The lowest BCUT2D eigenvalue weighted by atomic mass is 9.80. The maximum Gasteiger partial charge on any atom is 0.0326 e. The Morgan fingerprint density at radius 2 is 1.74 bits per heavy atom. The average Bonchev–Trinajstić information content (AvgIpc) is 2.99. The molecule has 1 nitrogen and oxygen atoms in total. The molecule has 0 radical (unpaired) electrons. The monoisotopic (exact) mass is 257 g/mol. The predicted octanol–water partition coefficient (Wildman–Crippen LogP) is 4.42. The highest BCUT2D eigenvalue weighted by Gasteiger charge is 2.42. The zero-order valence-corrected chi connectivity index (χ0v) is 12.5. The first-order valence-corrected chi connectivity index (χ1v) is 7.81. The van der Waals surface area contributed by atoms with E-state index in [2.05, 4.69) is 45.0 Å². The van der Waals surface area contributed by atoms with Crippen LogP contribution in [0, 0.1) is 17.8 Å². The quantitative estimate of drug-likeness (QED) is 0.834. The maximum absolute atomic E-state index is 6.55. The second kappa shape index (κ2) is 4.63. The third-order valence-corrected chi connectivity index (χ3v) is 5.42. The number of fused-ring (bicyclic) bond motifs is 2. The van der Waals surface area contributed by atoms with Crippen molar-refractivity contribution >= 4 is 0 Å². The van der Waals surface area contributed by atoms with Crippen LogP contribution in [0.3, 0.4) is 0 Å². The summed E-state index contributed by atoms with van der Waals surface area (Å²) in [5.74, 6) is 2.62. The van der Waals surface area contributed by atoms with Crippen LogP contribution in [-0.2, 0) is 5.41 Å². The summed E-state index contributed by atoms with van der Waals surface area (Å²) in [6.45, 7) is 6.79. The van der Waals surface area contributed by atoms with Gasteiger partial charge in [-0.25, -0.2) is 0 Å². The van der Waals surface area contributed by atoms with Crippen molar-refractivity contribution in [2.45, 2.75) is 57.9 Å². The van der Waals surface area contributed by atoms with Gasteiger partial charge in [0.05, 0.1) is 0 Å². The average molecular weight is 257 g/mol. The Kier molecular flexibility index (Phi) is 3.21. The molecule has 3 rings (SSSR count). The Morgan fingerprint density at radius 1 is 1.05 bits per heavy atom. The van der Waals surface area contributed by atoms with Crippen LogP contribution in [0.15, 0.2) is 24.3 Å². The third kappa shape index (κ3) is 2.45. The van der Waals surface area contributed by atoms with E-state index in [1.165, 1.54) is 36.8 Å². The van der Waals surface area contributed by atoms with Crippen LogP contribution in [0.25, 0.3) is 0 Å². The molecule has 0 amide bonds. The van der Waals surface area contributed by atoms with Gasteiger partial charge in [-0.15, -0.1) is 0 Å². The summed E-state index contributed by atoms with van der Waals surface area (Å²) >= 11 is 0. The number of hydrogen-bond acceptors (Lipinski definition) is 1. The summed E-state index contributed by atoms with van der Waals surface area (Å²) < 4.78 is 0. The summed E-state index contributed by atoms with van der Waals surface area (Å²) in [6, 6.07) is 9.31. The lowest BCUT2D eigenvalue weighted by molar-refractivity contribution is 0.284. The van der Waals surface area contributed by atoms with Crippen LogP contribution >= 0.6 is 0 Å². The Labute approximate surface area is 117 Å². The Hall–Kier alpha value is -0.820. The SMILES string of the molecule is CC(C)(C)c1ccc(C(N)C2CC3CCC2C3)cc1. The summed E-state index contributed by atoms with van der Waals surface area (Å²) in [4.78, 5) is 0. The second-order valence-corrected chi connectivity index (χ2v) is 7.74. The van der Waals surface area contributed by atoms with Crippen molar-refractivity contribution in [3.63, 3.8) is 0 Å². The minimum atomic E-state index is 0.231. The summed E-state index contributed by atoms with van der Waals surface area (Å²) in [6.07, 6.45) is 5.69. The van der Waals surface area contributed by atoms with E-state index in [1.54, 1.807) is 0 Å². The second-order valence-electron chi connectivity index (χ2n) is 7.74. The lowest BCUT2D eigenvalue weighted by Crippen LogP contribution is -2.26. The van der Waals surface area contributed by atoms with Gasteiger partial charge >= 0.3 is 0 Å². The molecule has 0 saturated heterocycles. The zero-order valence-electron chi connectivity index (χ0n) is 12.5. The van der Waals surface area contributed by atoms with Crippen molar-refractivity contribution in [1.82, 2.24) is 0 Å². The first-order chi connectivity index (χ1) is 8.95. The molecule has 2 N–H and O–H groups in total. The lowest BCUT2D eigenvalue weighted by Gasteiger charge is -2.28. The Balaban J connectivity index is 1.75. The van der Waals surface area contributed by atoms with Crippen molar-refractivity contribution in [1.29, 1.82) is 0 Å². The van der Waals surface area contributed by atoms with Crippen LogP contribution < -0.4 is 5.73 Å². The molecule has 2 aliphatic carbocycles. The summed E-state index contributed by atoms with van der Waals surface area (Å²) in [5.41, 5.74) is 9.52. The fourth-order valence-corrected chi connectivity index (χ4v) is 4.19. The van der Waals surface area contributed by atoms with Gasteiger partial charge in [0, 0.05) is 6.04 Å². The van der Waals surface area contributed by atoms with Gasteiger partial charge in [0.1, 0.15) is 0 Å². The Morgan fingerprint density at radius 3 is 2.21 bits per heavy atom. The van der Waals surface area contributed by atoms with Gasteiger partial charge in [0.2, 0.25) is 0 Å². The van der Waals surface area contributed by atoms with Gasteiger partial charge < -0.3 is 5.73 Å². The molecular formula is C18H27N. The molecule has 0 aromatic heterocycles. The minimum Gasteiger partial charge on any atom is -0.324 e. The number of rotatable bonds is 2. The van der Waals surface area contributed by atoms with Gasteiger partial charge in [-0.2, -0.15) is 0 Å². The van der Waals surface area contributed by atoms with Gasteiger partial charge in [-0.3, -0.25) is 0 Å². The molecule has 19 heavy (non-hydrogen) atoms. The van der Waals surface area contributed by atoms with E-state index in [9.17, 15) is 0 Å². The van der Waals surface area contributed by atoms with Crippen molar-refractivity contribution in [2.24, 2.45) is 23.5 Å². The molecule has 0 heterocycles. The summed E-state index contributed by atoms with van der Waals surface area (Å²) in [7, 11) is 0. The van der Waals surface area contributed by atoms with Crippen LogP contribution in [-0.4, -0.2) is 0 Å². The van der Waals surface area contributed by atoms with E-state index in [4.69, 9.17) is 5.73 Å². The van der Waals surface area contributed by atoms with Gasteiger partial charge in [-0.05, 0) is 53.6 Å². The van der Waals surface area contributed by atoms with Crippen LogP contribution in [0.1, 0.15) is 63.6 Å². The highest BCUT2D eigenvalue weighted by molar-refractivity contribution is 5.29. The topological polar surface area (TPSA) is 26.0 Å². The third-order valence-electron chi connectivity index (χ3n) is 5.42. The van der Waals surface area contributed by atoms with Gasteiger partial charge in [-0.1, -0.05) is 51.5 Å². The van der Waals surface area contributed by atoms with Gasteiger partial charge in [0.15, 0.2) is 0 Å². The molecule has 2 fully saturated rings. The van der Waals surface area contributed by atoms with Crippen LogP contribution in [0.5, 0.6) is 0 Å². The van der Waals surface area contributed by atoms with Crippen LogP contribution in [0.2, 0.25) is 0 Å². The smallest absolute Gasteiger partial charge is 0.0326 e. The van der Waals surface area contributed by atoms with Crippen molar-refractivity contribution in [3.8, 4) is 0 Å². The van der Waals surface area contributed by atoms with Crippen molar-refractivity contribution in [3.05, 3.63) is 35.4 Å². The first kappa shape index (κ1) is 13.2. The number of nitrogens with two attached hydrogens (primary N) is 1. The predicted molar refractivity (Wildman–Crippen MR) is 81.0 cm³/mol. The van der Waals surface area contributed by atoms with E-state index in [0.717, 1.165) is 17.8 Å². The highest BCUT2D eigenvalue weighted by Crippen LogP contribution is 2.51. The molecule has 2 bridgehead atoms. The molecule has 4 atom stereocenters. The summed E-state index contributed by atoms with van der Waals surface area (Å²) in [5, 5.41) is 0. The van der Waals surface area contributed by atoms with E-state index < -0.39 is 0 Å². The molecule has 1 aromatic rings.